The van der Waals surface area contributed by atoms with Gasteiger partial charge in [-0.3, -0.25) is 9.59 Å². The summed E-state index contributed by atoms with van der Waals surface area (Å²) in [6, 6.07) is 6.58. The Morgan fingerprint density at radius 3 is 2.81 bits per heavy atom. The van der Waals surface area contributed by atoms with Crippen LogP contribution in [-0.2, 0) is 14.3 Å². The van der Waals surface area contributed by atoms with Gasteiger partial charge in [-0.1, -0.05) is 23.8 Å². The quantitative estimate of drug-likeness (QED) is 0.416. The molecular weight excluding hydrogens is 334 g/mol. The van der Waals surface area contributed by atoms with Crippen molar-refractivity contribution in [3.63, 3.8) is 0 Å². The molecule has 0 radical (unpaired) electrons. The lowest BCUT2D eigenvalue weighted by molar-refractivity contribution is -0.156. The van der Waals surface area contributed by atoms with Gasteiger partial charge in [0.15, 0.2) is 19.0 Å². The Labute approximate surface area is 153 Å². The lowest BCUT2D eigenvalue weighted by Crippen LogP contribution is -2.37. The molecule has 0 bridgehead atoms. The molecule has 6 nitrogen and oxygen atoms in total. The predicted molar refractivity (Wildman–Crippen MR) is 97.1 cm³/mol. The van der Waals surface area contributed by atoms with E-state index < -0.39 is 12.1 Å². The molecule has 140 valence electrons. The highest BCUT2D eigenvalue weighted by atomic mass is 16.6. The second kappa shape index (κ2) is 10.4. The van der Waals surface area contributed by atoms with Crippen LogP contribution in [0.25, 0.3) is 0 Å². The second-order valence-corrected chi connectivity index (χ2v) is 6.23. The Hall–Kier alpha value is -2.63. The standard InChI is InChI=1S/C20H25NO5/c1-15(20(24)21-12-11-16-7-3-2-4-8-16)26-19(23)14-25-18-10-6-5-9-17(18)13-22/h5-7,9-10,13,15H,2-4,8,11-12,14H2,1H3,(H,21,24)/t15-/m1/s1. The van der Waals surface area contributed by atoms with Gasteiger partial charge in [0.2, 0.25) is 0 Å². The highest BCUT2D eigenvalue weighted by Gasteiger charge is 2.18. The number of hydrogen-bond donors (Lipinski definition) is 1. The van der Waals surface area contributed by atoms with Crippen molar-refractivity contribution in [3.8, 4) is 5.75 Å². The van der Waals surface area contributed by atoms with Gasteiger partial charge in [0.05, 0.1) is 5.56 Å². The number of allylic oxidation sites excluding steroid dienone is 1. The fraction of sp³-hybridized carbons (Fsp3) is 0.450. The number of ether oxygens (including phenoxy) is 2. The molecule has 0 unspecified atom stereocenters. The summed E-state index contributed by atoms with van der Waals surface area (Å²) >= 11 is 0. The monoisotopic (exact) mass is 359 g/mol. The minimum Gasteiger partial charge on any atom is -0.481 e. The Balaban J connectivity index is 1.69. The summed E-state index contributed by atoms with van der Waals surface area (Å²) in [5.74, 6) is -0.691. The van der Waals surface area contributed by atoms with E-state index in [2.05, 4.69) is 11.4 Å². The number of nitrogens with one attached hydrogen (secondary N) is 1. The molecule has 1 atom stereocenters. The third-order valence-corrected chi connectivity index (χ3v) is 4.20. The highest BCUT2D eigenvalue weighted by molar-refractivity contribution is 5.84. The molecule has 0 aromatic heterocycles. The van der Waals surface area contributed by atoms with Crippen molar-refractivity contribution in [2.24, 2.45) is 0 Å². The number of amides is 1. The zero-order valence-electron chi connectivity index (χ0n) is 15.0. The van der Waals surface area contributed by atoms with Crippen LogP contribution in [0.4, 0.5) is 0 Å². The zero-order chi connectivity index (χ0) is 18.8. The highest BCUT2D eigenvalue weighted by Crippen LogP contribution is 2.19. The van der Waals surface area contributed by atoms with E-state index in [1.165, 1.54) is 25.3 Å². The second-order valence-electron chi connectivity index (χ2n) is 6.23. The molecule has 1 aromatic rings. The molecule has 0 saturated carbocycles. The molecule has 1 aliphatic rings. The van der Waals surface area contributed by atoms with E-state index in [0.717, 1.165) is 19.3 Å². The van der Waals surface area contributed by atoms with Gasteiger partial charge in [-0.05, 0) is 51.2 Å². The topological polar surface area (TPSA) is 81.7 Å². The number of para-hydroxylation sites is 1. The largest absolute Gasteiger partial charge is 0.481 e. The fourth-order valence-electron chi connectivity index (χ4n) is 2.75. The third-order valence-electron chi connectivity index (χ3n) is 4.20. The van der Waals surface area contributed by atoms with Crippen molar-refractivity contribution in [2.75, 3.05) is 13.2 Å². The molecular formula is C20H25NO5. The maximum absolute atomic E-state index is 12.0. The lowest BCUT2D eigenvalue weighted by atomic mass is 9.97. The van der Waals surface area contributed by atoms with Gasteiger partial charge in [0.1, 0.15) is 5.75 Å². The first-order valence-electron chi connectivity index (χ1n) is 8.92. The Bertz CT molecular complexity index is 668. The Kier molecular flexibility index (Phi) is 7.86. The molecule has 26 heavy (non-hydrogen) atoms. The van der Waals surface area contributed by atoms with Crippen LogP contribution >= 0.6 is 0 Å². The van der Waals surface area contributed by atoms with Gasteiger partial charge in [-0.2, -0.15) is 0 Å². The van der Waals surface area contributed by atoms with Gasteiger partial charge in [-0.15, -0.1) is 0 Å². The van der Waals surface area contributed by atoms with Gasteiger partial charge in [0.25, 0.3) is 5.91 Å². The van der Waals surface area contributed by atoms with E-state index >= 15 is 0 Å². The third kappa shape index (κ3) is 6.35. The zero-order valence-corrected chi connectivity index (χ0v) is 15.0. The molecule has 0 saturated heterocycles. The smallest absolute Gasteiger partial charge is 0.344 e. The van der Waals surface area contributed by atoms with E-state index in [4.69, 9.17) is 9.47 Å². The number of carbonyl (C=O) groups is 3. The van der Waals surface area contributed by atoms with Gasteiger partial charge in [-0.25, -0.2) is 4.79 Å². The van der Waals surface area contributed by atoms with Crippen LogP contribution in [-0.4, -0.2) is 37.4 Å². The summed E-state index contributed by atoms with van der Waals surface area (Å²) in [6.07, 6.45) is 7.49. The summed E-state index contributed by atoms with van der Waals surface area (Å²) < 4.78 is 10.4. The number of rotatable bonds is 9. The summed E-state index contributed by atoms with van der Waals surface area (Å²) in [7, 11) is 0. The minimum absolute atomic E-state index is 0.303. The van der Waals surface area contributed by atoms with Crippen molar-refractivity contribution in [3.05, 3.63) is 41.5 Å². The SMILES string of the molecule is C[C@@H](OC(=O)COc1ccccc1C=O)C(=O)NCCC1=CCCCC1. The van der Waals surface area contributed by atoms with Crippen molar-refractivity contribution in [2.45, 2.75) is 45.1 Å². The average Bonchev–Trinajstić information content (AvgIpc) is 2.67. The van der Waals surface area contributed by atoms with Crippen LogP contribution in [0.1, 0.15) is 49.4 Å². The van der Waals surface area contributed by atoms with Crippen LogP contribution in [0.5, 0.6) is 5.75 Å². The normalized spacial score (nSPS) is 14.7. The summed E-state index contributed by atoms with van der Waals surface area (Å²) in [6.45, 7) is 1.69. The van der Waals surface area contributed by atoms with Gasteiger partial charge >= 0.3 is 5.97 Å². The molecule has 1 N–H and O–H groups in total. The maximum Gasteiger partial charge on any atom is 0.344 e. The molecule has 0 aliphatic heterocycles. The molecule has 2 rings (SSSR count). The maximum atomic E-state index is 12.0. The van der Waals surface area contributed by atoms with E-state index in [0.29, 0.717) is 24.1 Å². The number of esters is 1. The van der Waals surface area contributed by atoms with Crippen LogP contribution in [0.3, 0.4) is 0 Å². The molecule has 1 aromatic carbocycles. The van der Waals surface area contributed by atoms with Crippen LogP contribution in [0.15, 0.2) is 35.9 Å². The van der Waals surface area contributed by atoms with E-state index in [1.807, 2.05) is 0 Å². The fourth-order valence-corrected chi connectivity index (χ4v) is 2.75. The van der Waals surface area contributed by atoms with Gasteiger partial charge in [0, 0.05) is 6.54 Å². The minimum atomic E-state index is -0.896. The lowest BCUT2D eigenvalue weighted by Gasteiger charge is -2.16. The first kappa shape index (κ1) is 19.7. The first-order valence-corrected chi connectivity index (χ1v) is 8.92. The van der Waals surface area contributed by atoms with Crippen LogP contribution < -0.4 is 10.1 Å². The van der Waals surface area contributed by atoms with E-state index in [1.54, 1.807) is 24.3 Å². The first-order chi connectivity index (χ1) is 12.6. The molecule has 1 amide bonds. The number of carbonyl (C=O) groups excluding carboxylic acids is 3. The van der Waals surface area contributed by atoms with E-state index in [-0.39, 0.29) is 12.5 Å². The van der Waals surface area contributed by atoms with Gasteiger partial charge < -0.3 is 14.8 Å². The Morgan fingerprint density at radius 2 is 2.08 bits per heavy atom. The van der Waals surface area contributed by atoms with Crippen LogP contribution in [0, 0.1) is 0 Å². The number of hydrogen-bond acceptors (Lipinski definition) is 5. The molecule has 0 heterocycles. The predicted octanol–water partition coefficient (Wildman–Crippen LogP) is 2.82. The molecule has 0 spiro atoms. The van der Waals surface area contributed by atoms with Crippen molar-refractivity contribution < 1.29 is 23.9 Å². The van der Waals surface area contributed by atoms with Crippen molar-refractivity contribution >= 4 is 18.2 Å². The average molecular weight is 359 g/mol. The summed E-state index contributed by atoms with van der Waals surface area (Å²) in [5.41, 5.74) is 1.73. The Morgan fingerprint density at radius 1 is 1.27 bits per heavy atom. The summed E-state index contributed by atoms with van der Waals surface area (Å²) in [5, 5.41) is 2.78. The molecule has 1 aliphatic carbocycles. The van der Waals surface area contributed by atoms with Crippen LogP contribution in [0.2, 0.25) is 0 Å². The van der Waals surface area contributed by atoms with E-state index in [9.17, 15) is 14.4 Å². The number of aldehydes is 1. The summed E-state index contributed by atoms with van der Waals surface area (Å²) in [4.78, 5) is 34.7. The molecule has 6 heteroatoms. The molecule has 0 fully saturated rings. The van der Waals surface area contributed by atoms with Crippen molar-refractivity contribution in [1.82, 2.24) is 5.32 Å². The van der Waals surface area contributed by atoms with Crippen molar-refractivity contribution in [1.29, 1.82) is 0 Å². The number of benzene rings is 1.